The summed E-state index contributed by atoms with van der Waals surface area (Å²) in [6.45, 7) is 12.0. The van der Waals surface area contributed by atoms with E-state index in [4.69, 9.17) is 37.0 Å². The van der Waals surface area contributed by atoms with E-state index < -0.39 is 97.5 Å². The molecule has 582 valence electrons. The number of hydrogen-bond acceptors (Lipinski definition) is 15. The van der Waals surface area contributed by atoms with Crippen LogP contribution < -0.4 is 0 Å². The molecule has 6 atom stereocenters. The summed E-state index contributed by atoms with van der Waals surface area (Å²) in [5.41, 5.74) is 0. The Balaban J connectivity index is 5.19. The van der Waals surface area contributed by atoms with Gasteiger partial charge in [0.05, 0.1) is 26.4 Å². The number of aliphatic hydroxyl groups is 1. The lowest BCUT2D eigenvalue weighted by Crippen LogP contribution is -2.30. The van der Waals surface area contributed by atoms with E-state index in [9.17, 15) is 43.2 Å². The van der Waals surface area contributed by atoms with Crippen LogP contribution in [0.4, 0.5) is 0 Å². The summed E-state index contributed by atoms with van der Waals surface area (Å²) in [6, 6.07) is 0. The Kier molecular flexibility index (Phi) is 68.1. The largest absolute Gasteiger partial charge is 0.472 e. The first-order valence-electron chi connectivity index (χ1n) is 40.9. The smallest absolute Gasteiger partial charge is 0.462 e. The Morgan fingerprint density at radius 3 is 0.776 bits per heavy atom. The van der Waals surface area contributed by atoms with Crippen LogP contribution in [-0.2, 0) is 65.4 Å². The molecule has 0 bridgehead atoms. The lowest BCUT2D eigenvalue weighted by Gasteiger charge is -2.21. The second-order valence-corrected chi connectivity index (χ2v) is 32.6. The first-order valence-corrected chi connectivity index (χ1v) is 43.9. The molecule has 0 aliphatic carbocycles. The average molecular weight is 1440 g/mol. The van der Waals surface area contributed by atoms with Crippen LogP contribution in [0, 0.1) is 17.8 Å². The topological polar surface area (TPSA) is 237 Å². The fourth-order valence-electron chi connectivity index (χ4n) is 12.1. The van der Waals surface area contributed by atoms with Gasteiger partial charge in [-0.3, -0.25) is 37.3 Å². The molecule has 0 aromatic heterocycles. The molecule has 0 radical (unpaired) electrons. The molecule has 0 fully saturated rings. The van der Waals surface area contributed by atoms with Crippen molar-refractivity contribution in [2.24, 2.45) is 17.8 Å². The van der Waals surface area contributed by atoms with Crippen molar-refractivity contribution >= 4 is 39.5 Å². The molecule has 0 aromatic carbocycles. The molecule has 17 nitrogen and oxygen atoms in total. The van der Waals surface area contributed by atoms with E-state index in [0.717, 1.165) is 108 Å². The number of carbonyl (C=O) groups is 4. The first-order chi connectivity index (χ1) is 47.3. The first kappa shape index (κ1) is 96.1. The molecule has 0 heterocycles. The molecule has 0 aliphatic rings. The van der Waals surface area contributed by atoms with Crippen molar-refractivity contribution < 1.29 is 80.2 Å². The average Bonchev–Trinajstić information content (AvgIpc) is 1.13. The number of ether oxygens (including phenoxy) is 4. The fourth-order valence-corrected chi connectivity index (χ4v) is 13.7. The number of esters is 4. The van der Waals surface area contributed by atoms with E-state index in [2.05, 4.69) is 48.5 Å². The van der Waals surface area contributed by atoms with Gasteiger partial charge >= 0.3 is 39.5 Å². The number of aliphatic hydroxyl groups excluding tert-OH is 1. The molecular formula is C79H154O17P2. The third-order valence-corrected chi connectivity index (χ3v) is 20.6. The van der Waals surface area contributed by atoms with E-state index in [-0.39, 0.29) is 25.7 Å². The number of phosphoric acid groups is 2. The molecule has 0 rings (SSSR count). The van der Waals surface area contributed by atoms with Gasteiger partial charge in [0.2, 0.25) is 0 Å². The fraction of sp³-hybridized carbons (Fsp3) is 0.949. The van der Waals surface area contributed by atoms with Crippen molar-refractivity contribution in [1.82, 2.24) is 0 Å². The molecule has 0 amide bonds. The van der Waals surface area contributed by atoms with Gasteiger partial charge in [-0.25, -0.2) is 9.13 Å². The molecule has 3 N–H and O–H groups in total. The summed E-state index contributed by atoms with van der Waals surface area (Å²) in [4.78, 5) is 72.9. The molecule has 0 aromatic rings. The summed E-state index contributed by atoms with van der Waals surface area (Å²) in [6.07, 6.45) is 56.9. The summed E-state index contributed by atoms with van der Waals surface area (Å²) in [5.74, 6) is 0.279. The zero-order valence-corrected chi connectivity index (χ0v) is 66.0. The van der Waals surface area contributed by atoms with Gasteiger partial charge < -0.3 is 33.8 Å². The minimum Gasteiger partial charge on any atom is -0.462 e. The minimum atomic E-state index is -4.96. The summed E-state index contributed by atoms with van der Waals surface area (Å²) in [7, 11) is -9.91. The van der Waals surface area contributed by atoms with Gasteiger partial charge in [-0.2, -0.15) is 0 Å². The third-order valence-electron chi connectivity index (χ3n) is 18.7. The Morgan fingerprint density at radius 2 is 0.520 bits per heavy atom. The van der Waals surface area contributed by atoms with E-state index >= 15 is 0 Å². The molecule has 0 saturated carbocycles. The molecule has 98 heavy (non-hydrogen) atoms. The minimum absolute atomic E-state index is 0.106. The number of rotatable bonds is 77. The SMILES string of the molecule is CCCCCCCCCCCC(=O)OC[C@H](COP(=O)(O)OC[C@H](O)COP(=O)(O)OC[C@@H](COC(=O)CCCCCCCCCCCCCC(C)C)OC(=O)CCCCCCCCCCCCCCCCCCCCC(C)CC)OC(=O)CCCCCCCCCCCCC(C)C. The number of carbonyl (C=O) groups excluding carboxylic acids is 4. The molecule has 3 unspecified atom stereocenters. The summed E-state index contributed by atoms with van der Waals surface area (Å²) in [5, 5.41) is 10.6. The van der Waals surface area contributed by atoms with Crippen molar-refractivity contribution in [1.29, 1.82) is 0 Å². The van der Waals surface area contributed by atoms with E-state index in [1.807, 2.05) is 0 Å². The molecule has 19 heteroatoms. The second kappa shape index (κ2) is 69.4. The van der Waals surface area contributed by atoms with Gasteiger partial charge in [0.1, 0.15) is 19.3 Å². The van der Waals surface area contributed by atoms with Gasteiger partial charge in [0.15, 0.2) is 12.2 Å². The highest BCUT2D eigenvalue weighted by Crippen LogP contribution is 2.45. The quantitative estimate of drug-likeness (QED) is 0.0222. The van der Waals surface area contributed by atoms with Crippen molar-refractivity contribution in [3.8, 4) is 0 Å². The van der Waals surface area contributed by atoms with Gasteiger partial charge in [-0.05, 0) is 43.4 Å². The molecular weight excluding hydrogens is 1280 g/mol. The van der Waals surface area contributed by atoms with Crippen LogP contribution in [0.1, 0.15) is 408 Å². The highest BCUT2D eigenvalue weighted by atomic mass is 31.2. The molecule has 0 saturated heterocycles. The monoisotopic (exact) mass is 1440 g/mol. The summed E-state index contributed by atoms with van der Waals surface area (Å²) < 4.78 is 68.6. The van der Waals surface area contributed by atoms with Gasteiger partial charge in [-0.15, -0.1) is 0 Å². The predicted octanol–water partition coefficient (Wildman–Crippen LogP) is 23.4. The highest BCUT2D eigenvalue weighted by molar-refractivity contribution is 7.47. The number of unbranched alkanes of at least 4 members (excludes halogenated alkanes) is 44. The zero-order chi connectivity index (χ0) is 72.3. The number of phosphoric ester groups is 2. The van der Waals surface area contributed by atoms with Crippen LogP contribution >= 0.6 is 15.6 Å². The standard InChI is InChI=1S/C79H154O17P2/c1-8-10-11-12-13-29-39-46-53-60-76(81)89-66-74(96-79(84)63-56-49-42-35-28-27-31-37-44-51-58-71(5)6)68-93-97(85,86)91-64-73(80)65-92-98(87,88)94-69-75(67-90-77(82)61-54-47-40-33-26-22-23-30-36-43-50-57-70(3)4)95-78(83)62-55-48-41-34-25-21-19-17-15-14-16-18-20-24-32-38-45-52-59-72(7)9-2/h70-75,80H,8-69H2,1-7H3,(H,85,86)(H,87,88)/t72?,73-,74+,75+/m0/s1. The van der Waals surface area contributed by atoms with Crippen LogP contribution in [0.2, 0.25) is 0 Å². The third kappa shape index (κ3) is 71.1. The van der Waals surface area contributed by atoms with Gasteiger partial charge in [0.25, 0.3) is 0 Å². The van der Waals surface area contributed by atoms with Crippen molar-refractivity contribution in [3.05, 3.63) is 0 Å². The zero-order valence-electron chi connectivity index (χ0n) is 64.3. The van der Waals surface area contributed by atoms with E-state index in [1.54, 1.807) is 0 Å². The Labute approximate surface area is 600 Å². The maximum Gasteiger partial charge on any atom is 0.472 e. The van der Waals surface area contributed by atoms with Crippen LogP contribution in [0.25, 0.3) is 0 Å². The summed E-state index contributed by atoms with van der Waals surface area (Å²) >= 11 is 0. The van der Waals surface area contributed by atoms with Crippen LogP contribution in [0.15, 0.2) is 0 Å². The van der Waals surface area contributed by atoms with Crippen molar-refractivity contribution in [3.63, 3.8) is 0 Å². The Bertz CT molecular complexity index is 1910. The van der Waals surface area contributed by atoms with Crippen molar-refractivity contribution in [2.75, 3.05) is 39.6 Å². The van der Waals surface area contributed by atoms with Crippen LogP contribution in [-0.4, -0.2) is 96.7 Å². The van der Waals surface area contributed by atoms with Crippen LogP contribution in [0.3, 0.4) is 0 Å². The maximum atomic E-state index is 13.1. The molecule has 0 spiro atoms. The Morgan fingerprint density at radius 1 is 0.296 bits per heavy atom. The lowest BCUT2D eigenvalue weighted by molar-refractivity contribution is -0.161. The second-order valence-electron chi connectivity index (χ2n) is 29.6. The number of hydrogen-bond donors (Lipinski definition) is 3. The highest BCUT2D eigenvalue weighted by Gasteiger charge is 2.30. The predicted molar refractivity (Wildman–Crippen MR) is 400 cm³/mol. The van der Waals surface area contributed by atoms with Gasteiger partial charge in [-0.1, -0.05) is 357 Å². The van der Waals surface area contributed by atoms with Crippen molar-refractivity contribution in [2.45, 2.75) is 426 Å². The molecule has 0 aliphatic heterocycles. The van der Waals surface area contributed by atoms with E-state index in [1.165, 1.54) is 218 Å². The van der Waals surface area contributed by atoms with E-state index in [0.29, 0.717) is 25.7 Å². The maximum absolute atomic E-state index is 13.1. The lowest BCUT2D eigenvalue weighted by atomic mass is 9.99. The van der Waals surface area contributed by atoms with Gasteiger partial charge in [0, 0.05) is 25.7 Å². The Hall–Kier alpha value is -1.94. The van der Waals surface area contributed by atoms with Crippen LogP contribution in [0.5, 0.6) is 0 Å². The normalized spacial score (nSPS) is 14.3.